The second-order valence-corrected chi connectivity index (χ2v) is 5.34. The standard InChI is InChI=1S/C16H16Cl2N2O2/c1-11(21-2)22-20-16(8-12-4-3-7-19-10-12)14-6-5-13(17)9-15(14)18/h3-11,20H,1-2H3. The third-order valence-corrected chi connectivity index (χ3v) is 3.43. The molecule has 0 aliphatic rings. The third kappa shape index (κ3) is 4.71. The molecule has 22 heavy (non-hydrogen) atoms. The van der Waals surface area contributed by atoms with E-state index in [9.17, 15) is 0 Å². The van der Waals surface area contributed by atoms with Gasteiger partial charge in [-0.25, -0.2) is 4.84 Å². The molecule has 6 heteroatoms. The number of hydrogen-bond donors (Lipinski definition) is 1. The van der Waals surface area contributed by atoms with Crippen LogP contribution in [0.1, 0.15) is 18.1 Å². The zero-order valence-corrected chi connectivity index (χ0v) is 13.7. The highest BCUT2D eigenvalue weighted by molar-refractivity contribution is 6.35. The number of ether oxygens (including phenoxy) is 1. The van der Waals surface area contributed by atoms with Crippen molar-refractivity contribution in [2.75, 3.05) is 7.11 Å². The molecule has 0 aliphatic heterocycles. The van der Waals surface area contributed by atoms with E-state index in [1.54, 1.807) is 38.6 Å². The van der Waals surface area contributed by atoms with Crippen molar-refractivity contribution in [3.63, 3.8) is 0 Å². The lowest BCUT2D eigenvalue weighted by Gasteiger charge is -2.16. The average Bonchev–Trinajstić information content (AvgIpc) is 2.52. The summed E-state index contributed by atoms with van der Waals surface area (Å²) in [4.78, 5) is 9.50. The van der Waals surface area contributed by atoms with Gasteiger partial charge in [0, 0.05) is 30.1 Å². The minimum atomic E-state index is -0.414. The van der Waals surface area contributed by atoms with Crippen molar-refractivity contribution in [2.24, 2.45) is 0 Å². The second-order valence-electron chi connectivity index (χ2n) is 4.49. The molecule has 2 aromatic rings. The van der Waals surface area contributed by atoms with Crippen LogP contribution < -0.4 is 5.48 Å². The first-order chi connectivity index (χ1) is 10.6. The zero-order valence-electron chi connectivity index (χ0n) is 12.2. The summed E-state index contributed by atoms with van der Waals surface area (Å²) in [5, 5.41) is 1.09. The Labute approximate surface area is 139 Å². The van der Waals surface area contributed by atoms with E-state index in [-0.39, 0.29) is 0 Å². The molecule has 2 rings (SSSR count). The van der Waals surface area contributed by atoms with Gasteiger partial charge in [-0.2, -0.15) is 0 Å². The minimum Gasteiger partial charge on any atom is -0.354 e. The Hall–Kier alpha value is -1.59. The molecule has 0 saturated carbocycles. The quantitative estimate of drug-likeness (QED) is 0.626. The summed E-state index contributed by atoms with van der Waals surface area (Å²) in [6.07, 6.45) is 4.92. The maximum Gasteiger partial charge on any atom is 0.180 e. The van der Waals surface area contributed by atoms with E-state index in [2.05, 4.69) is 10.5 Å². The van der Waals surface area contributed by atoms with E-state index in [1.807, 2.05) is 24.3 Å². The summed E-state index contributed by atoms with van der Waals surface area (Å²) in [5.41, 5.74) is 5.22. The van der Waals surface area contributed by atoms with Crippen LogP contribution in [0.25, 0.3) is 11.8 Å². The molecular weight excluding hydrogens is 323 g/mol. The molecule has 1 N–H and O–H groups in total. The van der Waals surface area contributed by atoms with Gasteiger partial charge >= 0.3 is 0 Å². The van der Waals surface area contributed by atoms with Crippen molar-refractivity contribution in [1.82, 2.24) is 10.5 Å². The molecule has 0 aliphatic carbocycles. The van der Waals surface area contributed by atoms with Crippen molar-refractivity contribution in [1.29, 1.82) is 0 Å². The molecule has 1 atom stereocenters. The summed E-state index contributed by atoms with van der Waals surface area (Å²) in [5.74, 6) is 0. The molecular formula is C16H16Cl2N2O2. The van der Waals surface area contributed by atoms with Gasteiger partial charge in [-0.1, -0.05) is 29.3 Å². The van der Waals surface area contributed by atoms with Crippen LogP contribution >= 0.6 is 23.2 Å². The summed E-state index contributed by atoms with van der Waals surface area (Å²) in [6, 6.07) is 9.04. The third-order valence-electron chi connectivity index (χ3n) is 2.88. The van der Waals surface area contributed by atoms with Crippen LogP contribution in [0.4, 0.5) is 0 Å². The van der Waals surface area contributed by atoms with Crippen LogP contribution in [-0.2, 0) is 9.57 Å². The number of benzene rings is 1. The van der Waals surface area contributed by atoms with Gasteiger partial charge in [0.1, 0.15) is 0 Å². The maximum absolute atomic E-state index is 6.27. The predicted molar refractivity (Wildman–Crippen MR) is 89.3 cm³/mol. The molecule has 1 unspecified atom stereocenters. The van der Waals surface area contributed by atoms with Crippen molar-refractivity contribution in [3.05, 3.63) is 63.9 Å². The molecule has 4 nitrogen and oxygen atoms in total. The van der Waals surface area contributed by atoms with E-state index >= 15 is 0 Å². The van der Waals surface area contributed by atoms with Gasteiger partial charge in [0.25, 0.3) is 0 Å². The SMILES string of the molecule is COC(C)ONC(=Cc1cccnc1)c1ccc(Cl)cc1Cl. The first kappa shape index (κ1) is 16.8. The maximum atomic E-state index is 6.27. The highest BCUT2D eigenvalue weighted by Gasteiger charge is 2.09. The molecule has 1 heterocycles. The lowest BCUT2D eigenvalue weighted by atomic mass is 10.1. The first-order valence-electron chi connectivity index (χ1n) is 6.61. The number of hydroxylamine groups is 1. The Kier molecular flexibility index (Phi) is 6.21. The van der Waals surface area contributed by atoms with Gasteiger partial charge in [0.2, 0.25) is 0 Å². The fourth-order valence-electron chi connectivity index (χ4n) is 1.69. The largest absolute Gasteiger partial charge is 0.354 e. The van der Waals surface area contributed by atoms with E-state index < -0.39 is 6.29 Å². The van der Waals surface area contributed by atoms with E-state index in [0.717, 1.165) is 11.1 Å². The lowest BCUT2D eigenvalue weighted by molar-refractivity contribution is -0.138. The van der Waals surface area contributed by atoms with Gasteiger partial charge < -0.3 is 4.74 Å². The Bertz CT molecular complexity index is 648. The van der Waals surface area contributed by atoms with Crippen LogP contribution in [0, 0.1) is 0 Å². The molecule has 0 amide bonds. The number of rotatable bonds is 6. The molecule has 0 radical (unpaired) electrons. The molecule has 1 aromatic heterocycles. The van der Waals surface area contributed by atoms with Crippen LogP contribution in [0.5, 0.6) is 0 Å². The van der Waals surface area contributed by atoms with Crippen molar-refractivity contribution < 1.29 is 9.57 Å². The summed E-state index contributed by atoms with van der Waals surface area (Å²) < 4.78 is 5.06. The van der Waals surface area contributed by atoms with Crippen molar-refractivity contribution in [2.45, 2.75) is 13.2 Å². The first-order valence-corrected chi connectivity index (χ1v) is 7.37. The summed E-state index contributed by atoms with van der Waals surface area (Å²) in [7, 11) is 1.56. The van der Waals surface area contributed by atoms with Gasteiger partial charge in [0.15, 0.2) is 6.29 Å². The van der Waals surface area contributed by atoms with Crippen LogP contribution in [-0.4, -0.2) is 18.4 Å². The lowest BCUT2D eigenvalue weighted by Crippen LogP contribution is -2.22. The normalized spacial score (nSPS) is 13.0. The topological polar surface area (TPSA) is 43.4 Å². The Morgan fingerprint density at radius 2 is 2.14 bits per heavy atom. The Morgan fingerprint density at radius 3 is 2.77 bits per heavy atom. The molecule has 0 spiro atoms. The highest BCUT2D eigenvalue weighted by atomic mass is 35.5. The molecule has 0 saturated heterocycles. The molecule has 0 bridgehead atoms. The number of nitrogens with one attached hydrogen (secondary N) is 1. The Morgan fingerprint density at radius 1 is 1.32 bits per heavy atom. The predicted octanol–water partition coefficient (Wildman–Crippen LogP) is 4.40. The van der Waals surface area contributed by atoms with Crippen LogP contribution in [0.2, 0.25) is 10.0 Å². The minimum absolute atomic E-state index is 0.414. The number of aromatic nitrogens is 1. The van der Waals surface area contributed by atoms with E-state index in [0.29, 0.717) is 15.7 Å². The van der Waals surface area contributed by atoms with Crippen LogP contribution in [0.15, 0.2) is 42.7 Å². The highest BCUT2D eigenvalue weighted by Crippen LogP contribution is 2.27. The Balaban J connectivity index is 2.34. The number of nitrogens with zero attached hydrogens (tertiary/aromatic N) is 1. The fourth-order valence-corrected chi connectivity index (χ4v) is 2.20. The number of methoxy groups -OCH3 is 1. The summed E-state index contributed by atoms with van der Waals surface area (Å²) >= 11 is 12.2. The van der Waals surface area contributed by atoms with Gasteiger partial charge in [-0.3, -0.25) is 10.5 Å². The summed E-state index contributed by atoms with van der Waals surface area (Å²) in [6.45, 7) is 1.78. The number of pyridine rings is 1. The van der Waals surface area contributed by atoms with Gasteiger partial charge in [-0.05, 0) is 42.8 Å². The molecule has 0 fully saturated rings. The number of halogens is 2. The molecule has 1 aromatic carbocycles. The number of hydrogen-bond acceptors (Lipinski definition) is 4. The van der Waals surface area contributed by atoms with Crippen LogP contribution in [0.3, 0.4) is 0 Å². The van der Waals surface area contributed by atoms with E-state index in [4.69, 9.17) is 32.8 Å². The smallest absolute Gasteiger partial charge is 0.180 e. The van der Waals surface area contributed by atoms with E-state index in [1.165, 1.54) is 0 Å². The van der Waals surface area contributed by atoms with Gasteiger partial charge in [0.05, 0.1) is 10.7 Å². The average molecular weight is 339 g/mol. The van der Waals surface area contributed by atoms with Crippen molar-refractivity contribution >= 4 is 35.0 Å². The van der Waals surface area contributed by atoms with Crippen molar-refractivity contribution in [3.8, 4) is 0 Å². The molecule has 116 valence electrons. The van der Waals surface area contributed by atoms with Gasteiger partial charge in [-0.15, -0.1) is 0 Å². The monoisotopic (exact) mass is 338 g/mol. The second kappa shape index (κ2) is 8.15. The fraction of sp³-hybridized carbons (Fsp3) is 0.188. The zero-order chi connectivity index (χ0) is 15.9.